The van der Waals surface area contributed by atoms with E-state index in [4.69, 9.17) is 33.2 Å². The number of aromatic hydroxyl groups is 1. The summed E-state index contributed by atoms with van der Waals surface area (Å²) in [5.41, 5.74) is 4.85. The minimum atomic E-state index is -1.46. The van der Waals surface area contributed by atoms with Crippen molar-refractivity contribution >= 4 is 40.6 Å². The molecule has 0 saturated carbocycles. The Labute approximate surface area is 390 Å². The van der Waals surface area contributed by atoms with Gasteiger partial charge in [-0.15, -0.1) is 11.8 Å². The third kappa shape index (κ3) is 6.37. The molecule has 7 aliphatic rings. The maximum atomic E-state index is 15.2. The monoisotopic (exact) mass is 925 g/mol. The molecule has 2 N–H and O–H groups in total. The van der Waals surface area contributed by atoms with Crippen molar-refractivity contribution < 1.29 is 52.6 Å². The second-order valence-corrected chi connectivity index (χ2v) is 19.0. The van der Waals surface area contributed by atoms with Gasteiger partial charge < -0.3 is 38.3 Å². The normalized spacial score (nSPS) is 25.8. The Bertz CT molecular complexity index is 3010. The van der Waals surface area contributed by atoms with Gasteiger partial charge in [0.2, 0.25) is 6.79 Å². The number of fused-ring (bicyclic) bond motifs is 10. The molecule has 2 saturated heterocycles. The Hall–Kier alpha value is -6.58. The molecule has 2 fully saturated rings. The topological polar surface area (TPSA) is 191 Å². The number of piperazine rings is 1. The van der Waals surface area contributed by atoms with Gasteiger partial charge in [0.05, 0.1) is 43.1 Å². The molecule has 0 unspecified atom stereocenters. The molecule has 12 rings (SSSR count). The molecule has 8 heterocycles. The smallest absolute Gasteiger partial charge is 0.362 e. The first-order valence-electron chi connectivity index (χ1n) is 22.1. The Morgan fingerprint density at radius 1 is 0.970 bits per heavy atom. The average Bonchev–Trinajstić information content (AvgIpc) is 3.81. The minimum absolute atomic E-state index is 0.0224. The van der Waals surface area contributed by atoms with Crippen LogP contribution < -0.4 is 33.7 Å². The Kier molecular flexibility index (Phi) is 10.3. The standard InChI is InChI=1S/C50H47N5O11S/c1-23-15-28-16-32-33(19-51)55-34-20-62-49(59)50(29-18-35(60-5)36(17-27(29)13-14-52-50)66-48(58)31-12-11-26-9-7-8-10-30(26)53-31)21-67-47(41(55)40(54(32)4)37(28)42(57)43(23)61-6)39-38(34)46-45(63-22-64-46)24(2)44(39)65-25(3)56/h7-12,15,17-18,32-34,40-41,47,52,57H,13-14,16,20-22H2,1-6H3/t32-,33-,34-,40+,41+,47+,50+/m0/s1. The predicted octanol–water partition coefficient (Wildman–Crippen LogP) is 6.05. The Morgan fingerprint density at radius 3 is 2.55 bits per heavy atom. The fourth-order valence-corrected chi connectivity index (χ4v) is 13.3. The van der Waals surface area contributed by atoms with Crippen molar-refractivity contribution in [1.82, 2.24) is 20.1 Å². The predicted molar refractivity (Wildman–Crippen MR) is 243 cm³/mol. The number of thioether (sulfide) groups is 1. The number of esters is 3. The number of aryl methyl sites for hydroxylation is 1. The van der Waals surface area contributed by atoms with Gasteiger partial charge in [0.25, 0.3) is 0 Å². The van der Waals surface area contributed by atoms with E-state index in [1.807, 2.05) is 57.3 Å². The Morgan fingerprint density at radius 2 is 1.78 bits per heavy atom. The SMILES string of the molecule is COc1cc2c(cc1OC(=O)c1ccc3ccccc3n1)CCN[C@]21CS[C@@H]2c3c(OC(C)=O)c(C)c4c(c3[C@H](COC1=O)N1[C@@H]2[C@H]2c3c(cc(C)c(OC)c3O)C[C@@H]([C@@H]1C#N)N2C)OCO4. The van der Waals surface area contributed by atoms with Gasteiger partial charge in [-0.25, -0.2) is 14.6 Å². The lowest BCUT2D eigenvalue weighted by molar-refractivity contribution is -0.157. The van der Waals surface area contributed by atoms with Gasteiger partial charge in [-0.1, -0.05) is 30.3 Å². The fourth-order valence-electron chi connectivity index (χ4n) is 11.6. The number of nitriles is 1. The lowest BCUT2D eigenvalue weighted by Gasteiger charge is -2.62. The number of nitrogens with one attached hydrogen (secondary N) is 1. The third-order valence-electron chi connectivity index (χ3n) is 14.4. The van der Waals surface area contributed by atoms with Crippen LogP contribution >= 0.6 is 11.8 Å². The van der Waals surface area contributed by atoms with Crippen LogP contribution in [0.15, 0.2) is 54.6 Å². The number of methoxy groups -OCH3 is 2. The van der Waals surface area contributed by atoms with Crippen molar-refractivity contribution in [2.24, 2.45) is 0 Å². The summed E-state index contributed by atoms with van der Waals surface area (Å²) in [4.78, 5) is 50.8. The van der Waals surface area contributed by atoms with Gasteiger partial charge >= 0.3 is 17.9 Å². The van der Waals surface area contributed by atoms with Crippen molar-refractivity contribution in [3.63, 3.8) is 0 Å². The number of likely N-dealkylation sites (N-methyl/N-ethyl adjacent to an activating group) is 1. The zero-order valence-electron chi connectivity index (χ0n) is 37.6. The van der Waals surface area contributed by atoms with Gasteiger partial charge in [-0.2, -0.15) is 5.26 Å². The molecule has 4 aromatic carbocycles. The van der Waals surface area contributed by atoms with Gasteiger partial charge in [0.1, 0.15) is 24.1 Å². The number of hydrogen-bond donors (Lipinski definition) is 2. The average molecular weight is 926 g/mol. The van der Waals surface area contributed by atoms with Crippen LogP contribution in [0.4, 0.5) is 0 Å². The fraction of sp³-hybridized carbons (Fsp3) is 0.380. The van der Waals surface area contributed by atoms with Crippen LogP contribution in [0.3, 0.4) is 0 Å². The Balaban J connectivity index is 1.08. The van der Waals surface area contributed by atoms with Crippen LogP contribution in [-0.4, -0.2) is 103 Å². The maximum absolute atomic E-state index is 15.2. The molecule has 4 bridgehead atoms. The summed E-state index contributed by atoms with van der Waals surface area (Å²) in [6.45, 7) is 5.12. The number of benzene rings is 4. The highest BCUT2D eigenvalue weighted by atomic mass is 32.2. The summed E-state index contributed by atoms with van der Waals surface area (Å²) < 4.78 is 42.8. The highest BCUT2D eigenvalue weighted by molar-refractivity contribution is 7.99. The van der Waals surface area contributed by atoms with E-state index in [0.29, 0.717) is 75.7 Å². The quantitative estimate of drug-likeness (QED) is 0.153. The molecule has 17 heteroatoms. The summed E-state index contributed by atoms with van der Waals surface area (Å²) in [5, 5.41) is 27.3. The number of carbonyl (C=O) groups is 3. The molecule has 67 heavy (non-hydrogen) atoms. The van der Waals surface area contributed by atoms with Crippen molar-refractivity contribution in [3.8, 4) is 46.3 Å². The van der Waals surface area contributed by atoms with Gasteiger partial charge in [-0.05, 0) is 80.3 Å². The van der Waals surface area contributed by atoms with Gasteiger partial charge in [0.15, 0.2) is 40.0 Å². The summed E-state index contributed by atoms with van der Waals surface area (Å²) in [6, 6.07) is 16.1. The van der Waals surface area contributed by atoms with Crippen LogP contribution in [0.1, 0.15) is 79.3 Å². The van der Waals surface area contributed by atoms with Crippen molar-refractivity contribution in [3.05, 3.63) is 105 Å². The molecule has 0 radical (unpaired) electrons. The van der Waals surface area contributed by atoms with Crippen LogP contribution in [0.25, 0.3) is 10.9 Å². The van der Waals surface area contributed by atoms with Crippen molar-refractivity contribution in [1.29, 1.82) is 5.26 Å². The minimum Gasteiger partial charge on any atom is -0.504 e. The number of nitrogens with zero attached hydrogens (tertiary/aromatic N) is 4. The first-order chi connectivity index (χ1) is 32.4. The summed E-state index contributed by atoms with van der Waals surface area (Å²) in [7, 11) is 4.98. The number of phenols is 1. The third-order valence-corrected chi connectivity index (χ3v) is 15.9. The first kappa shape index (κ1) is 43.0. The lowest BCUT2D eigenvalue weighted by atomic mass is 9.71. The number of para-hydroxylation sites is 1. The molecule has 0 aliphatic carbocycles. The molecule has 5 aromatic rings. The molecule has 16 nitrogen and oxygen atoms in total. The summed E-state index contributed by atoms with van der Waals surface area (Å²) in [5.74, 6) is 0.264. The molecule has 1 aromatic heterocycles. The van der Waals surface area contributed by atoms with E-state index in [-0.39, 0.29) is 48.1 Å². The highest BCUT2D eigenvalue weighted by Crippen LogP contribution is 2.64. The molecule has 344 valence electrons. The molecule has 1 spiro atoms. The second-order valence-electron chi connectivity index (χ2n) is 17.8. The summed E-state index contributed by atoms with van der Waals surface area (Å²) >= 11 is 1.46. The number of hydrogen-bond acceptors (Lipinski definition) is 17. The largest absolute Gasteiger partial charge is 0.504 e. The molecule has 0 amide bonds. The maximum Gasteiger partial charge on any atom is 0.362 e. The van der Waals surface area contributed by atoms with Crippen LogP contribution in [-0.2, 0) is 32.7 Å². The number of aromatic nitrogens is 1. The van der Waals surface area contributed by atoms with Gasteiger partial charge in [-0.3, -0.25) is 19.9 Å². The summed E-state index contributed by atoms with van der Waals surface area (Å²) in [6.07, 6.45) is 0.948. The van der Waals surface area contributed by atoms with E-state index >= 15 is 4.79 Å². The number of pyridine rings is 1. The first-order valence-corrected chi connectivity index (χ1v) is 23.2. The lowest BCUT2D eigenvalue weighted by Crippen LogP contribution is -2.69. The molecule has 7 atom stereocenters. The van der Waals surface area contributed by atoms with Crippen molar-refractivity contribution in [2.75, 3.05) is 47.0 Å². The number of rotatable bonds is 5. The van der Waals surface area contributed by atoms with Crippen LogP contribution in [0, 0.1) is 25.2 Å². The van der Waals surface area contributed by atoms with E-state index in [1.54, 1.807) is 18.2 Å². The van der Waals surface area contributed by atoms with E-state index in [1.165, 1.54) is 32.9 Å². The van der Waals surface area contributed by atoms with Gasteiger partial charge in [0, 0.05) is 58.9 Å². The van der Waals surface area contributed by atoms with E-state index in [9.17, 15) is 20.0 Å². The number of carbonyl (C=O) groups excluding carboxylic acids is 3. The second kappa shape index (κ2) is 16.0. The number of ether oxygens (including phenoxy) is 7. The number of phenolic OH excluding ortho intramolecular Hbond substituents is 1. The van der Waals surface area contributed by atoms with Crippen molar-refractivity contribution in [2.45, 2.75) is 74.6 Å². The zero-order chi connectivity index (χ0) is 46.6. The highest BCUT2D eigenvalue weighted by Gasteiger charge is 2.62. The van der Waals surface area contributed by atoms with Crippen LogP contribution in [0.5, 0.6) is 40.2 Å². The van der Waals surface area contributed by atoms with E-state index in [2.05, 4.69) is 26.2 Å². The molecular formula is C50H47N5O11S. The molecular weight excluding hydrogens is 879 g/mol. The van der Waals surface area contributed by atoms with E-state index in [0.717, 1.165) is 22.1 Å². The zero-order valence-corrected chi connectivity index (χ0v) is 38.4. The molecule has 7 aliphatic heterocycles. The van der Waals surface area contributed by atoms with E-state index < -0.39 is 52.9 Å². The van der Waals surface area contributed by atoms with Crippen LogP contribution in [0.2, 0.25) is 0 Å².